The zero-order valence-corrected chi connectivity index (χ0v) is 24.4. The maximum absolute atomic E-state index is 12.5. The van der Waals surface area contributed by atoms with Crippen LogP contribution in [0.25, 0.3) is 10.8 Å². The molecule has 0 amide bonds. The SMILES string of the molecule is Cc1cc2cc(C(O)(c3cn(C(c4ccccc4)(c4ccccc4)c4ccccc4)cn3)C(C)C)ccc2cc1C(=O)[O-]. The number of rotatable bonds is 8. The first-order valence-corrected chi connectivity index (χ1v) is 14.5. The van der Waals surface area contributed by atoms with E-state index >= 15 is 0 Å². The summed E-state index contributed by atoms with van der Waals surface area (Å²) in [6.45, 7) is 5.71. The van der Waals surface area contributed by atoms with Crippen LogP contribution < -0.4 is 5.11 Å². The minimum Gasteiger partial charge on any atom is -0.545 e. The minimum absolute atomic E-state index is 0.164. The number of aromatic nitrogens is 2. The lowest BCUT2D eigenvalue weighted by Gasteiger charge is -2.37. The van der Waals surface area contributed by atoms with Crippen molar-refractivity contribution in [2.75, 3.05) is 0 Å². The molecule has 0 spiro atoms. The molecular weight excluding hydrogens is 532 g/mol. The molecule has 5 nitrogen and oxygen atoms in total. The third-order valence-electron chi connectivity index (χ3n) is 8.61. The van der Waals surface area contributed by atoms with Gasteiger partial charge in [0.05, 0.1) is 18.0 Å². The van der Waals surface area contributed by atoms with E-state index in [1.54, 1.807) is 13.0 Å². The van der Waals surface area contributed by atoms with E-state index in [4.69, 9.17) is 4.98 Å². The number of carbonyl (C=O) groups is 1. The number of carboxylic acids is 1. The molecule has 214 valence electrons. The fourth-order valence-corrected chi connectivity index (χ4v) is 6.33. The van der Waals surface area contributed by atoms with Gasteiger partial charge in [-0.1, -0.05) is 123 Å². The zero-order chi connectivity index (χ0) is 30.2. The summed E-state index contributed by atoms with van der Waals surface area (Å²) >= 11 is 0. The summed E-state index contributed by atoms with van der Waals surface area (Å²) in [6, 6.07) is 40.1. The average Bonchev–Trinajstić information content (AvgIpc) is 3.53. The van der Waals surface area contributed by atoms with Crippen molar-refractivity contribution in [2.45, 2.75) is 31.9 Å². The van der Waals surface area contributed by atoms with Crippen molar-refractivity contribution in [1.82, 2.24) is 9.55 Å². The van der Waals surface area contributed by atoms with Crippen molar-refractivity contribution in [2.24, 2.45) is 5.92 Å². The van der Waals surface area contributed by atoms with E-state index in [1.165, 1.54) is 0 Å². The van der Waals surface area contributed by atoms with Gasteiger partial charge in [-0.15, -0.1) is 0 Å². The molecule has 0 radical (unpaired) electrons. The second-order valence-electron chi connectivity index (χ2n) is 11.4. The van der Waals surface area contributed by atoms with E-state index in [2.05, 4.69) is 41.0 Å². The molecule has 0 aliphatic heterocycles. The Labute approximate surface area is 251 Å². The number of carboxylic acid groups (broad SMARTS) is 1. The van der Waals surface area contributed by atoms with Crippen LogP contribution in [0.4, 0.5) is 0 Å². The maximum Gasteiger partial charge on any atom is 0.135 e. The first-order chi connectivity index (χ1) is 20.8. The van der Waals surface area contributed by atoms with Gasteiger partial charge in [0.15, 0.2) is 0 Å². The van der Waals surface area contributed by atoms with Crippen LogP contribution in [0.15, 0.2) is 134 Å². The Bertz CT molecular complexity index is 1800. The van der Waals surface area contributed by atoms with Crippen molar-refractivity contribution in [3.05, 3.63) is 173 Å². The Morgan fingerprint density at radius 1 is 0.744 bits per heavy atom. The van der Waals surface area contributed by atoms with Crippen LogP contribution in [-0.2, 0) is 11.1 Å². The molecule has 1 heterocycles. The van der Waals surface area contributed by atoms with Crippen molar-refractivity contribution in [3.8, 4) is 0 Å². The Kier molecular flexibility index (Phi) is 7.20. The van der Waals surface area contributed by atoms with Gasteiger partial charge in [-0.3, -0.25) is 0 Å². The van der Waals surface area contributed by atoms with Crippen molar-refractivity contribution in [1.29, 1.82) is 0 Å². The Morgan fingerprint density at radius 3 is 1.77 bits per heavy atom. The van der Waals surface area contributed by atoms with Gasteiger partial charge >= 0.3 is 0 Å². The van der Waals surface area contributed by atoms with Gasteiger partial charge in [0, 0.05) is 11.8 Å². The lowest BCUT2D eigenvalue weighted by Crippen LogP contribution is -2.37. The third kappa shape index (κ3) is 4.62. The standard InChI is InChI=1S/C38H34N2O3/c1-26(2)38(43,33-20-19-28-23-34(36(41)42)27(3)21-29(28)22-33)35-24-40(25-39-35)37(30-13-7-4-8-14-30,31-15-9-5-10-16-31)32-17-11-6-12-18-32/h4-26,43H,1-3H3,(H,41,42)/p-1. The number of fused-ring (bicyclic) bond motifs is 1. The van der Waals surface area contributed by atoms with Crippen LogP contribution in [0.5, 0.6) is 0 Å². The van der Waals surface area contributed by atoms with Gasteiger partial charge in [0.25, 0.3) is 0 Å². The number of carbonyl (C=O) groups excluding carboxylic acids is 1. The number of aromatic carboxylic acids is 1. The van der Waals surface area contributed by atoms with Gasteiger partial charge < -0.3 is 19.6 Å². The summed E-state index contributed by atoms with van der Waals surface area (Å²) in [5.74, 6) is -1.43. The largest absolute Gasteiger partial charge is 0.545 e. The molecule has 6 aromatic rings. The van der Waals surface area contributed by atoms with Crippen LogP contribution in [0, 0.1) is 12.8 Å². The number of nitrogens with zero attached hydrogens (tertiary/aromatic N) is 2. The Balaban J connectivity index is 1.57. The summed E-state index contributed by atoms with van der Waals surface area (Å²) < 4.78 is 2.10. The summed E-state index contributed by atoms with van der Waals surface area (Å²) in [5.41, 5.74) is 3.00. The molecule has 6 rings (SSSR count). The molecule has 43 heavy (non-hydrogen) atoms. The van der Waals surface area contributed by atoms with E-state index in [0.29, 0.717) is 16.8 Å². The van der Waals surface area contributed by atoms with Crippen molar-refractivity contribution in [3.63, 3.8) is 0 Å². The minimum atomic E-state index is -1.42. The number of imidazole rings is 1. The van der Waals surface area contributed by atoms with Crippen LogP contribution in [0.2, 0.25) is 0 Å². The lowest BCUT2D eigenvalue weighted by atomic mass is 9.76. The van der Waals surface area contributed by atoms with E-state index in [0.717, 1.165) is 27.5 Å². The van der Waals surface area contributed by atoms with E-state index < -0.39 is 17.1 Å². The third-order valence-corrected chi connectivity index (χ3v) is 8.61. The summed E-state index contributed by atoms with van der Waals surface area (Å²) in [7, 11) is 0. The second kappa shape index (κ2) is 11.0. The quantitative estimate of drug-likeness (QED) is 0.216. The first kappa shape index (κ1) is 28.1. The predicted octanol–water partition coefficient (Wildman–Crippen LogP) is 6.44. The molecule has 0 aliphatic carbocycles. The molecule has 0 bridgehead atoms. The van der Waals surface area contributed by atoms with Gasteiger partial charge in [-0.25, -0.2) is 4.98 Å². The zero-order valence-electron chi connectivity index (χ0n) is 24.4. The molecule has 1 aromatic heterocycles. The average molecular weight is 566 g/mol. The molecule has 0 saturated heterocycles. The topological polar surface area (TPSA) is 78.2 Å². The van der Waals surface area contributed by atoms with Gasteiger partial charge in [-0.05, 0) is 63.6 Å². The fourth-order valence-electron chi connectivity index (χ4n) is 6.33. The van der Waals surface area contributed by atoms with Crippen molar-refractivity contribution < 1.29 is 15.0 Å². The van der Waals surface area contributed by atoms with E-state index in [-0.39, 0.29) is 11.5 Å². The van der Waals surface area contributed by atoms with Crippen molar-refractivity contribution >= 4 is 16.7 Å². The molecule has 0 aliphatic rings. The normalized spacial score (nSPS) is 13.2. The van der Waals surface area contributed by atoms with Crippen LogP contribution in [0.1, 0.15) is 57.7 Å². The van der Waals surface area contributed by atoms with Crippen LogP contribution in [-0.4, -0.2) is 20.6 Å². The van der Waals surface area contributed by atoms with Crippen LogP contribution >= 0.6 is 0 Å². The summed E-state index contributed by atoms with van der Waals surface area (Å²) in [5, 5.41) is 25.7. The maximum atomic E-state index is 12.5. The molecule has 0 fully saturated rings. The Hall–Kier alpha value is -5.00. The highest BCUT2D eigenvalue weighted by Gasteiger charge is 2.42. The smallest absolute Gasteiger partial charge is 0.135 e. The molecule has 1 unspecified atom stereocenters. The van der Waals surface area contributed by atoms with E-state index in [1.807, 2.05) is 105 Å². The van der Waals surface area contributed by atoms with Gasteiger partial charge in [-0.2, -0.15) is 0 Å². The van der Waals surface area contributed by atoms with Crippen LogP contribution in [0.3, 0.4) is 0 Å². The number of hydrogen-bond donors (Lipinski definition) is 1. The Morgan fingerprint density at radius 2 is 1.28 bits per heavy atom. The molecule has 5 aromatic carbocycles. The number of benzene rings is 5. The highest BCUT2D eigenvalue weighted by atomic mass is 16.4. The highest BCUT2D eigenvalue weighted by molar-refractivity contribution is 5.95. The molecule has 5 heteroatoms. The summed E-state index contributed by atoms with van der Waals surface area (Å²) in [6.07, 6.45) is 3.77. The molecule has 1 atom stereocenters. The number of aliphatic hydroxyl groups is 1. The van der Waals surface area contributed by atoms with Gasteiger partial charge in [0.2, 0.25) is 0 Å². The molecule has 0 saturated carbocycles. The van der Waals surface area contributed by atoms with E-state index in [9.17, 15) is 15.0 Å². The van der Waals surface area contributed by atoms with Gasteiger partial charge in [0.1, 0.15) is 11.1 Å². The lowest BCUT2D eigenvalue weighted by molar-refractivity contribution is -0.255. The predicted molar refractivity (Wildman–Crippen MR) is 168 cm³/mol. The summed E-state index contributed by atoms with van der Waals surface area (Å²) in [4.78, 5) is 16.5. The molecular formula is C38H33N2O3-. The second-order valence-corrected chi connectivity index (χ2v) is 11.4. The fraction of sp³-hybridized carbons (Fsp3) is 0.158. The highest BCUT2D eigenvalue weighted by Crippen LogP contribution is 2.43. The number of hydrogen-bond acceptors (Lipinski definition) is 4. The molecule has 1 N–H and O–H groups in total. The monoisotopic (exact) mass is 565 g/mol. The number of aryl methyl sites for hydroxylation is 1. The first-order valence-electron chi connectivity index (χ1n) is 14.5.